The van der Waals surface area contributed by atoms with E-state index in [1.54, 1.807) is 0 Å². The van der Waals surface area contributed by atoms with Crippen LogP contribution in [-0.4, -0.2) is 42.2 Å². The van der Waals surface area contributed by atoms with Crippen LogP contribution in [-0.2, 0) is 16.1 Å². The first-order chi connectivity index (χ1) is 21.1. The minimum absolute atomic E-state index is 0.0621. The van der Waals surface area contributed by atoms with Gasteiger partial charge in [-0.05, 0) is 52.9 Å². The molecule has 0 unspecified atom stereocenters. The first-order valence-corrected chi connectivity index (χ1v) is 14.8. The summed E-state index contributed by atoms with van der Waals surface area (Å²) in [6, 6.07) is 24.8. The lowest BCUT2D eigenvalue weighted by molar-refractivity contribution is -0.128. The van der Waals surface area contributed by atoms with Crippen LogP contribution < -0.4 is 10.1 Å². The van der Waals surface area contributed by atoms with Gasteiger partial charge in [-0.2, -0.15) is 0 Å². The Morgan fingerprint density at radius 3 is 2.60 bits per heavy atom. The fourth-order valence-corrected chi connectivity index (χ4v) is 5.00. The normalized spacial score (nSPS) is 17.6. The predicted molar refractivity (Wildman–Crippen MR) is 169 cm³/mol. The molecule has 3 aromatic rings. The molecule has 4 rings (SSSR count). The van der Waals surface area contributed by atoms with Crippen LogP contribution in [0.4, 0.5) is 0 Å². The Morgan fingerprint density at radius 1 is 1.09 bits per heavy atom. The van der Waals surface area contributed by atoms with E-state index in [-0.39, 0.29) is 25.5 Å². The highest BCUT2D eigenvalue weighted by atomic mass is 16.5. The molecular weight excluding hydrogens is 542 g/mol. The second-order valence-electron chi connectivity index (χ2n) is 10.4. The zero-order valence-electron chi connectivity index (χ0n) is 24.6. The number of carbonyl (C=O) groups is 1. The van der Waals surface area contributed by atoms with Gasteiger partial charge in [0.2, 0.25) is 5.90 Å². The van der Waals surface area contributed by atoms with Crippen molar-refractivity contribution in [2.75, 3.05) is 19.8 Å². The van der Waals surface area contributed by atoms with E-state index in [0.29, 0.717) is 36.8 Å². The van der Waals surface area contributed by atoms with Crippen LogP contribution in [0.5, 0.6) is 5.75 Å². The maximum Gasteiger partial charge on any atom is 0.252 e. The number of aliphatic imine (C=N–C) groups is 1. The summed E-state index contributed by atoms with van der Waals surface area (Å²) in [5.74, 6) is 0.795. The molecule has 1 aliphatic rings. The molecule has 2 atom stereocenters. The van der Waals surface area contributed by atoms with Gasteiger partial charge in [-0.1, -0.05) is 91.6 Å². The Morgan fingerprint density at radius 2 is 1.86 bits per heavy atom. The smallest absolute Gasteiger partial charge is 0.252 e. The molecule has 0 spiro atoms. The second-order valence-corrected chi connectivity index (χ2v) is 10.4. The molecule has 0 fully saturated rings. The number of nitrogens with one attached hydrogen (secondary N) is 1. The van der Waals surface area contributed by atoms with Crippen LogP contribution in [0.1, 0.15) is 67.4 Å². The van der Waals surface area contributed by atoms with Crippen LogP contribution >= 0.6 is 0 Å². The van der Waals surface area contributed by atoms with Crippen LogP contribution in [0.25, 0.3) is 16.5 Å². The molecule has 0 aliphatic carbocycles. The molecule has 43 heavy (non-hydrogen) atoms. The van der Waals surface area contributed by atoms with Crippen LogP contribution in [0.2, 0.25) is 0 Å². The van der Waals surface area contributed by atoms with Crippen molar-refractivity contribution in [3.05, 3.63) is 118 Å². The van der Waals surface area contributed by atoms with E-state index in [4.69, 9.17) is 25.1 Å². The zero-order valence-corrected chi connectivity index (χ0v) is 24.6. The van der Waals surface area contributed by atoms with Crippen molar-refractivity contribution >= 4 is 17.9 Å². The van der Waals surface area contributed by atoms with Gasteiger partial charge in [-0.15, -0.1) is 0 Å². The molecule has 0 radical (unpaired) electrons. The minimum Gasteiger partial charge on any atom is -0.494 e. The monoisotopic (exact) mass is 581 g/mol. The summed E-state index contributed by atoms with van der Waals surface area (Å²) in [5, 5.41) is 16.0. The number of aliphatic hydroxyl groups is 1. The fourth-order valence-electron chi connectivity index (χ4n) is 5.00. The number of aliphatic hydroxyl groups excluding tert-OH is 1. The molecule has 9 heteroatoms. The predicted octanol–water partition coefficient (Wildman–Crippen LogP) is 6.92. The Bertz CT molecular complexity index is 1430. The average Bonchev–Trinajstić information content (AvgIpc) is 3.43. The van der Waals surface area contributed by atoms with Crippen molar-refractivity contribution < 1.29 is 19.4 Å². The standard InChI is InChI=1S/C34H39N5O4/c1-2-3-9-22-36-33(41)34(21-10-14-26-12-5-4-6-13-26)31(30-16-8-7-15-28(30)25-37-39-35)43-32(38-34)27-17-19-29(20-18-27)42-24-11-23-40/h4-8,10,12-20,31,40H,2-3,9,11,21-25H2,1H3,(H,36,41)/b14-10+/t31-,34-/m1/s1. The number of rotatable bonds is 16. The van der Waals surface area contributed by atoms with Gasteiger partial charge >= 0.3 is 0 Å². The van der Waals surface area contributed by atoms with Gasteiger partial charge in [-0.25, -0.2) is 4.99 Å². The Balaban J connectivity index is 1.76. The van der Waals surface area contributed by atoms with E-state index < -0.39 is 11.6 Å². The van der Waals surface area contributed by atoms with Gasteiger partial charge in [0.05, 0.1) is 13.2 Å². The number of azide groups is 1. The number of hydrogen-bond donors (Lipinski definition) is 2. The van der Waals surface area contributed by atoms with Crippen molar-refractivity contribution in [2.24, 2.45) is 10.1 Å². The molecule has 0 aromatic heterocycles. The number of unbranched alkanes of at least 4 members (excludes halogenated alkanes) is 2. The third kappa shape index (κ3) is 8.25. The topological polar surface area (TPSA) is 129 Å². The van der Waals surface area contributed by atoms with Gasteiger partial charge in [0.1, 0.15) is 5.75 Å². The number of hydrogen-bond acceptors (Lipinski definition) is 6. The van der Waals surface area contributed by atoms with Crippen molar-refractivity contribution in [1.29, 1.82) is 0 Å². The lowest BCUT2D eigenvalue weighted by Crippen LogP contribution is -2.48. The number of benzene rings is 3. The molecule has 2 N–H and O–H groups in total. The van der Waals surface area contributed by atoms with E-state index in [0.717, 1.165) is 36.0 Å². The van der Waals surface area contributed by atoms with Crippen LogP contribution in [0.3, 0.4) is 0 Å². The van der Waals surface area contributed by atoms with Crippen molar-refractivity contribution in [2.45, 2.75) is 57.2 Å². The lowest BCUT2D eigenvalue weighted by Gasteiger charge is -2.31. The van der Waals surface area contributed by atoms with E-state index in [2.05, 4.69) is 22.3 Å². The minimum atomic E-state index is -1.31. The van der Waals surface area contributed by atoms with Gasteiger partial charge in [-0.3, -0.25) is 4.79 Å². The van der Waals surface area contributed by atoms with Gasteiger partial charge in [0.15, 0.2) is 11.6 Å². The van der Waals surface area contributed by atoms with Crippen LogP contribution in [0, 0.1) is 0 Å². The summed E-state index contributed by atoms with van der Waals surface area (Å²) in [4.78, 5) is 22.2. The highest BCUT2D eigenvalue weighted by Crippen LogP contribution is 2.44. The first-order valence-electron chi connectivity index (χ1n) is 14.8. The Labute approximate surface area is 252 Å². The number of nitrogens with zero attached hydrogens (tertiary/aromatic N) is 4. The third-order valence-electron chi connectivity index (χ3n) is 7.28. The molecule has 224 valence electrons. The number of carbonyl (C=O) groups excluding carboxylic acids is 1. The number of ether oxygens (including phenoxy) is 2. The van der Waals surface area contributed by atoms with E-state index in [1.165, 1.54) is 0 Å². The van der Waals surface area contributed by atoms with Gasteiger partial charge in [0, 0.05) is 36.5 Å². The third-order valence-corrected chi connectivity index (χ3v) is 7.28. The highest BCUT2D eigenvalue weighted by molar-refractivity contribution is 6.01. The molecule has 3 aromatic carbocycles. The molecular formula is C34H39N5O4. The summed E-state index contributed by atoms with van der Waals surface area (Å²) in [6.07, 6.45) is 6.94. The quantitative estimate of drug-likeness (QED) is 0.0823. The van der Waals surface area contributed by atoms with Gasteiger partial charge in [0.25, 0.3) is 5.91 Å². The van der Waals surface area contributed by atoms with Gasteiger partial charge < -0.3 is 19.9 Å². The van der Waals surface area contributed by atoms with Crippen molar-refractivity contribution in [3.63, 3.8) is 0 Å². The molecule has 0 bridgehead atoms. The summed E-state index contributed by atoms with van der Waals surface area (Å²) in [6.45, 7) is 3.25. The molecule has 1 amide bonds. The Kier molecular flexibility index (Phi) is 11.8. The average molecular weight is 582 g/mol. The molecule has 1 heterocycles. The maximum absolute atomic E-state index is 14.2. The Hall–Kier alpha value is -4.59. The molecule has 0 saturated carbocycles. The SMILES string of the molecule is CCCCCNC(=O)[C@]1(C/C=C/c2ccccc2)N=C(c2ccc(OCCCO)cc2)O[C@@H]1c1ccccc1CN=[N+]=[N-]. The van der Waals surface area contributed by atoms with Crippen molar-refractivity contribution in [1.82, 2.24) is 5.32 Å². The van der Waals surface area contributed by atoms with E-state index >= 15 is 0 Å². The lowest BCUT2D eigenvalue weighted by atomic mass is 9.82. The van der Waals surface area contributed by atoms with Crippen molar-refractivity contribution in [3.8, 4) is 5.75 Å². The second kappa shape index (κ2) is 16.2. The first kappa shape index (κ1) is 31.3. The van der Waals surface area contributed by atoms with E-state index in [1.807, 2.05) is 91.0 Å². The molecule has 0 saturated heterocycles. The number of amides is 1. The fraction of sp³-hybridized carbons (Fsp3) is 0.353. The maximum atomic E-state index is 14.2. The molecule has 1 aliphatic heterocycles. The zero-order chi connectivity index (χ0) is 30.3. The largest absolute Gasteiger partial charge is 0.494 e. The summed E-state index contributed by atoms with van der Waals surface area (Å²) < 4.78 is 12.3. The van der Waals surface area contributed by atoms with E-state index in [9.17, 15) is 4.79 Å². The highest BCUT2D eigenvalue weighted by Gasteiger charge is 2.53. The molecule has 9 nitrogen and oxygen atoms in total. The summed E-state index contributed by atoms with van der Waals surface area (Å²) >= 11 is 0. The summed E-state index contributed by atoms with van der Waals surface area (Å²) in [7, 11) is 0. The van der Waals surface area contributed by atoms with Crippen LogP contribution in [0.15, 0.2) is 95.0 Å². The summed E-state index contributed by atoms with van der Waals surface area (Å²) in [5.41, 5.74) is 11.0.